The van der Waals surface area contributed by atoms with Gasteiger partial charge in [-0.2, -0.15) is 0 Å². The van der Waals surface area contributed by atoms with E-state index in [1.165, 1.54) is 25.8 Å². The summed E-state index contributed by atoms with van der Waals surface area (Å²) in [7, 11) is 0. The van der Waals surface area contributed by atoms with Crippen LogP contribution in [0.5, 0.6) is 0 Å². The van der Waals surface area contributed by atoms with Gasteiger partial charge >= 0.3 is 0 Å². The van der Waals surface area contributed by atoms with Gasteiger partial charge < -0.3 is 5.32 Å². The number of rotatable bonds is 8. The van der Waals surface area contributed by atoms with Gasteiger partial charge in [-0.1, -0.05) is 6.92 Å². The van der Waals surface area contributed by atoms with Crippen molar-refractivity contribution >= 4 is 5.82 Å². The molecule has 0 atom stereocenters. The van der Waals surface area contributed by atoms with Crippen molar-refractivity contribution in [3.8, 4) is 0 Å². The third-order valence-electron chi connectivity index (χ3n) is 3.38. The number of aromatic nitrogens is 2. The second kappa shape index (κ2) is 6.85. The molecule has 0 bridgehead atoms. The molecule has 0 aliphatic heterocycles. The van der Waals surface area contributed by atoms with Crippen molar-refractivity contribution in [1.82, 2.24) is 14.9 Å². The second-order valence-corrected chi connectivity index (χ2v) is 5.52. The molecule has 0 radical (unpaired) electrons. The fourth-order valence-electron chi connectivity index (χ4n) is 2.39. The largest absolute Gasteiger partial charge is 0.370 e. The number of hydrogen-bond donors (Lipinski definition) is 1. The van der Waals surface area contributed by atoms with Crippen molar-refractivity contribution in [2.75, 3.05) is 25.0 Å². The van der Waals surface area contributed by atoms with Gasteiger partial charge in [-0.05, 0) is 45.6 Å². The third-order valence-corrected chi connectivity index (χ3v) is 3.38. The zero-order chi connectivity index (χ0) is 13.7. The van der Waals surface area contributed by atoms with Gasteiger partial charge in [0.2, 0.25) is 0 Å². The number of aryl methyl sites for hydroxylation is 1. The smallest absolute Gasteiger partial charge is 0.144 e. The van der Waals surface area contributed by atoms with Crippen molar-refractivity contribution in [3.63, 3.8) is 0 Å². The Morgan fingerprint density at radius 1 is 1.32 bits per heavy atom. The van der Waals surface area contributed by atoms with Crippen molar-refractivity contribution in [2.45, 2.75) is 46.6 Å². The summed E-state index contributed by atoms with van der Waals surface area (Å²) in [6, 6.07) is 2.01. The van der Waals surface area contributed by atoms with Gasteiger partial charge in [0, 0.05) is 24.8 Å². The fraction of sp³-hybridized carbons (Fsp3) is 0.733. The summed E-state index contributed by atoms with van der Waals surface area (Å²) in [5.41, 5.74) is 1.05. The van der Waals surface area contributed by atoms with E-state index >= 15 is 0 Å². The van der Waals surface area contributed by atoms with Crippen LogP contribution in [0.15, 0.2) is 6.07 Å². The van der Waals surface area contributed by atoms with E-state index in [9.17, 15) is 0 Å². The fourth-order valence-corrected chi connectivity index (χ4v) is 2.39. The maximum atomic E-state index is 4.61. The van der Waals surface area contributed by atoms with E-state index in [0.717, 1.165) is 42.9 Å². The zero-order valence-electron chi connectivity index (χ0n) is 12.4. The first kappa shape index (κ1) is 14.3. The van der Waals surface area contributed by atoms with Crippen molar-refractivity contribution < 1.29 is 0 Å². The summed E-state index contributed by atoms with van der Waals surface area (Å²) < 4.78 is 0. The highest BCUT2D eigenvalue weighted by Gasteiger charge is 2.24. The van der Waals surface area contributed by atoms with Crippen LogP contribution in [0.4, 0.5) is 5.82 Å². The normalized spacial score (nSPS) is 14.9. The molecule has 1 aliphatic rings. The van der Waals surface area contributed by atoms with Crippen LogP contribution in [0.25, 0.3) is 0 Å². The lowest BCUT2D eigenvalue weighted by Crippen LogP contribution is -2.27. The highest BCUT2D eigenvalue weighted by Crippen LogP contribution is 2.30. The highest BCUT2D eigenvalue weighted by molar-refractivity contribution is 5.35. The molecule has 0 saturated heterocycles. The maximum absolute atomic E-state index is 4.61. The Kier molecular flexibility index (Phi) is 5.14. The molecule has 0 unspecified atom stereocenters. The van der Waals surface area contributed by atoms with E-state index in [2.05, 4.69) is 34.0 Å². The first-order valence-electron chi connectivity index (χ1n) is 7.52. The Hall–Kier alpha value is -1.16. The van der Waals surface area contributed by atoms with Gasteiger partial charge in [-0.15, -0.1) is 0 Å². The monoisotopic (exact) mass is 262 g/mol. The van der Waals surface area contributed by atoms with Gasteiger partial charge in [0.15, 0.2) is 0 Å². The average Bonchev–Trinajstić information content (AvgIpc) is 3.13. The zero-order valence-corrected chi connectivity index (χ0v) is 12.4. The minimum atomic E-state index is 0.879. The van der Waals surface area contributed by atoms with E-state index in [-0.39, 0.29) is 0 Å². The highest BCUT2D eigenvalue weighted by atomic mass is 15.2. The number of hydrogen-bond acceptors (Lipinski definition) is 4. The van der Waals surface area contributed by atoms with Gasteiger partial charge in [0.1, 0.15) is 11.6 Å². The molecule has 4 nitrogen and oxygen atoms in total. The Balaban J connectivity index is 2.01. The Labute approximate surface area is 116 Å². The van der Waals surface area contributed by atoms with E-state index in [0.29, 0.717) is 0 Å². The van der Waals surface area contributed by atoms with Crippen LogP contribution in [0.1, 0.15) is 44.6 Å². The molecule has 1 aromatic heterocycles. The van der Waals surface area contributed by atoms with Gasteiger partial charge in [0.05, 0.1) is 6.54 Å². The summed E-state index contributed by atoms with van der Waals surface area (Å²) in [4.78, 5) is 11.7. The minimum absolute atomic E-state index is 0.879. The van der Waals surface area contributed by atoms with E-state index in [1.807, 2.05) is 13.0 Å². The molecule has 1 fully saturated rings. The van der Waals surface area contributed by atoms with Crippen molar-refractivity contribution in [2.24, 2.45) is 5.92 Å². The van der Waals surface area contributed by atoms with E-state index < -0.39 is 0 Å². The van der Waals surface area contributed by atoms with Crippen LogP contribution in [0.2, 0.25) is 0 Å². The molecule has 0 spiro atoms. The molecular formula is C15H26N4. The van der Waals surface area contributed by atoms with Crippen LogP contribution in [-0.2, 0) is 6.54 Å². The standard InChI is InChI=1S/C15H26N4/c1-4-8-19(10-13-6-7-13)11-15-17-12(3)9-14(18-15)16-5-2/h9,13H,4-8,10-11H2,1-3H3,(H,16,17,18). The summed E-state index contributed by atoms with van der Waals surface area (Å²) >= 11 is 0. The first-order valence-corrected chi connectivity index (χ1v) is 7.52. The summed E-state index contributed by atoms with van der Waals surface area (Å²) in [6.07, 6.45) is 3.99. The summed E-state index contributed by atoms with van der Waals surface area (Å²) in [5.74, 6) is 2.82. The number of nitrogens with one attached hydrogen (secondary N) is 1. The molecule has 106 valence electrons. The molecule has 0 aromatic carbocycles. The molecule has 0 amide bonds. The Morgan fingerprint density at radius 2 is 2.11 bits per heavy atom. The quantitative estimate of drug-likeness (QED) is 0.782. The lowest BCUT2D eigenvalue weighted by atomic mass is 10.3. The third kappa shape index (κ3) is 4.78. The molecule has 1 N–H and O–H groups in total. The molecule has 19 heavy (non-hydrogen) atoms. The van der Waals surface area contributed by atoms with Gasteiger partial charge in [-0.3, -0.25) is 4.90 Å². The van der Waals surface area contributed by atoms with E-state index in [4.69, 9.17) is 0 Å². The van der Waals surface area contributed by atoms with Crippen molar-refractivity contribution in [1.29, 1.82) is 0 Å². The SMILES string of the molecule is CCCN(Cc1nc(C)cc(NCC)n1)CC1CC1. The average molecular weight is 262 g/mol. The van der Waals surface area contributed by atoms with Crippen LogP contribution in [-0.4, -0.2) is 34.5 Å². The van der Waals surface area contributed by atoms with Crippen molar-refractivity contribution in [3.05, 3.63) is 17.6 Å². The number of nitrogens with zero attached hydrogens (tertiary/aromatic N) is 3. The van der Waals surface area contributed by atoms with Crippen LogP contribution < -0.4 is 5.32 Å². The van der Waals surface area contributed by atoms with Gasteiger partial charge in [-0.25, -0.2) is 9.97 Å². The van der Waals surface area contributed by atoms with Gasteiger partial charge in [0.25, 0.3) is 0 Å². The molecule has 1 heterocycles. The molecule has 4 heteroatoms. The predicted octanol–water partition coefficient (Wildman–Crippen LogP) is 2.84. The molecule has 1 aliphatic carbocycles. The first-order chi connectivity index (χ1) is 9.21. The second-order valence-electron chi connectivity index (χ2n) is 5.52. The lowest BCUT2D eigenvalue weighted by molar-refractivity contribution is 0.249. The molecule has 1 aromatic rings. The maximum Gasteiger partial charge on any atom is 0.144 e. The van der Waals surface area contributed by atoms with Crippen LogP contribution in [0, 0.1) is 12.8 Å². The lowest BCUT2D eigenvalue weighted by Gasteiger charge is -2.21. The Morgan fingerprint density at radius 3 is 2.74 bits per heavy atom. The Bertz CT molecular complexity index is 401. The summed E-state index contributed by atoms with van der Waals surface area (Å²) in [6.45, 7) is 10.5. The topological polar surface area (TPSA) is 41.1 Å². The summed E-state index contributed by atoms with van der Waals surface area (Å²) in [5, 5.41) is 3.28. The molecule has 2 rings (SSSR count). The number of anilines is 1. The van der Waals surface area contributed by atoms with E-state index in [1.54, 1.807) is 0 Å². The minimum Gasteiger partial charge on any atom is -0.370 e. The predicted molar refractivity (Wildman–Crippen MR) is 79.2 cm³/mol. The molecule has 1 saturated carbocycles. The molecular weight excluding hydrogens is 236 g/mol. The van der Waals surface area contributed by atoms with Crippen LogP contribution >= 0.6 is 0 Å². The van der Waals surface area contributed by atoms with Crippen LogP contribution in [0.3, 0.4) is 0 Å².